The summed E-state index contributed by atoms with van der Waals surface area (Å²) in [5, 5.41) is 0.671. The summed E-state index contributed by atoms with van der Waals surface area (Å²) in [5.41, 5.74) is 1.65. The van der Waals surface area contributed by atoms with Crippen molar-refractivity contribution in [1.29, 1.82) is 0 Å². The van der Waals surface area contributed by atoms with Crippen molar-refractivity contribution >= 4 is 11.8 Å². The number of hydrogen-bond acceptors (Lipinski definition) is 3. The summed E-state index contributed by atoms with van der Waals surface area (Å²) in [6.07, 6.45) is 1.75. The van der Waals surface area contributed by atoms with Gasteiger partial charge in [0, 0.05) is 24.6 Å². The average Bonchev–Trinajstić information content (AvgIpc) is 2.41. The highest BCUT2D eigenvalue weighted by Crippen LogP contribution is 2.20. The molecule has 106 valence electrons. The van der Waals surface area contributed by atoms with E-state index in [1.807, 2.05) is 6.07 Å². The second kappa shape index (κ2) is 6.70. The number of hydrogen-bond donors (Lipinski definition) is 0. The molecule has 0 atom stereocenters. The number of aryl methyl sites for hydroxylation is 1. The molecule has 0 saturated carbocycles. The first kappa shape index (κ1) is 14.8. The predicted molar refractivity (Wildman–Crippen MR) is 79.4 cm³/mol. The van der Waals surface area contributed by atoms with Crippen LogP contribution in [0.1, 0.15) is 24.6 Å². The van der Waals surface area contributed by atoms with E-state index in [0.717, 1.165) is 24.1 Å². The van der Waals surface area contributed by atoms with E-state index in [1.165, 1.54) is 28.5 Å². The molecule has 0 radical (unpaired) electrons. The third-order valence-electron chi connectivity index (χ3n) is 2.91. The summed E-state index contributed by atoms with van der Waals surface area (Å²) in [6.45, 7) is 2.05. The molecule has 0 bridgehead atoms. The van der Waals surface area contributed by atoms with Crippen LogP contribution < -0.4 is 5.56 Å². The van der Waals surface area contributed by atoms with Crippen molar-refractivity contribution in [2.45, 2.75) is 30.7 Å². The van der Waals surface area contributed by atoms with E-state index < -0.39 is 0 Å². The molecule has 2 rings (SSSR count). The van der Waals surface area contributed by atoms with Gasteiger partial charge in [0.1, 0.15) is 5.82 Å². The van der Waals surface area contributed by atoms with Gasteiger partial charge in [0.15, 0.2) is 5.16 Å². The van der Waals surface area contributed by atoms with E-state index in [9.17, 15) is 9.18 Å². The Kier molecular flexibility index (Phi) is 4.95. The van der Waals surface area contributed by atoms with Gasteiger partial charge in [-0.15, -0.1) is 0 Å². The smallest absolute Gasteiger partial charge is 0.254 e. The Morgan fingerprint density at radius 2 is 2.15 bits per heavy atom. The number of rotatable bonds is 5. The van der Waals surface area contributed by atoms with Gasteiger partial charge in [0.05, 0.1) is 0 Å². The average molecular weight is 292 g/mol. The fourth-order valence-corrected chi connectivity index (χ4v) is 2.79. The molecule has 5 heteroatoms. The van der Waals surface area contributed by atoms with Gasteiger partial charge in [0.25, 0.3) is 5.56 Å². The summed E-state index contributed by atoms with van der Waals surface area (Å²) in [4.78, 5) is 16.3. The Morgan fingerprint density at radius 1 is 1.35 bits per heavy atom. The first-order valence-electron chi connectivity index (χ1n) is 6.54. The lowest BCUT2D eigenvalue weighted by atomic mass is 10.2. The van der Waals surface area contributed by atoms with Crippen LogP contribution in [0.2, 0.25) is 0 Å². The molecule has 0 amide bonds. The Hall–Kier alpha value is -1.62. The lowest BCUT2D eigenvalue weighted by Gasteiger charge is -2.08. The van der Waals surface area contributed by atoms with Crippen LogP contribution in [0.3, 0.4) is 0 Å². The van der Waals surface area contributed by atoms with E-state index in [2.05, 4.69) is 11.9 Å². The Morgan fingerprint density at radius 3 is 2.85 bits per heavy atom. The SMILES string of the molecule is CCCc1cc(=O)n(C)c(SCc2cccc(F)c2)n1. The number of nitrogens with zero attached hydrogens (tertiary/aromatic N) is 2. The molecule has 1 heterocycles. The largest absolute Gasteiger partial charge is 0.291 e. The minimum Gasteiger partial charge on any atom is -0.291 e. The Bertz CT molecular complexity index is 655. The maximum Gasteiger partial charge on any atom is 0.254 e. The quantitative estimate of drug-likeness (QED) is 0.627. The zero-order chi connectivity index (χ0) is 14.5. The van der Waals surface area contributed by atoms with Crippen molar-refractivity contribution in [2.75, 3.05) is 0 Å². The second-order valence-corrected chi connectivity index (χ2v) is 5.54. The molecule has 1 aromatic carbocycles. The van der Waals surface area contributed by atoms with Gasteiger partial charge in [-0.05, 0) is 24.1 Å². The van der Waals surface area contributed by atoms with Gasteiger partial charge in [-0.3, -0.25) is 9.36 Å². The van der Waals surface area contributed by atoms with Crippen molar-refractivity contribution < 1.29 is 4.39 Å². The van der Waals surface area contributed by atoms with E-state index in [0.29, 0.717) is 10.9 Å². The van der Waals surface area contributed by atoms with Crippen LogP contribution in [-0.4, -0.2) is 9.55 Å². The van der Waals surface area contributed by atoms with Gasteiger partial charge in [-0.25, -0.2) is 9.37 Å². The molecule has 0 spiro atoms. The van der Waals surface area contributed by atoms with E-state index in [4.69, 9.17) is 0 Å². The molecule has 20 heavy (non-hydrogen) atoms. The molecule has 0 aliphatic carbocycles. The molecular weight excluding hydrogens is 275 g/mol. The highest BCUT2D eigenvalue weighted by Gasteiger charge is 2.07. The standard InChI is InChI=1S/C15H17FN2OS/c1-3-5-13-9-14(19)18(2)15(17-13)20-10-11-6-4-7-12(16)8-11/h4,6-9H,3,5,10H2,1-2H3. The zero-order valence-corrected chi connectivity index (χ0v) is 12.4. The van der Waals surface area contributed by atoms with Crippen molar-refractivity contribution in [3.05, 3.63) is 57.8 Å². The van der Waals surface area contributed by atoms with Gasteiger partial charge in [-0.2, -0.15) is 0 Å². The number of thioether (sulfide) groups is 1. The number of benzene rings is 1. The third kappa shape index (κ3) is 3.70. The molecular formula is C15H17FN2OS. The van der Waals surface area contributed by atoms with E-state index in [-0.39, 0.29) is 11.4 Å². The molecule has 3 nitrogen and oxygen atoms in total. The molecule has 2 aromatic rings. The van der Waals surface area contributed by atoms with Gasteiger partial charge in [0.2, 0.25) is 0 Å². The van der Waals surface area contributed by atoms with Crippen LogP contribution in [0.25, 0.3) is 0 Å². The lowest BCUT2D eigenvalue weighted by molar-refractivity contribution is 0.626. The van der Waals surface area contributed by atoms with Crippen molar-refractivity contribution in [3.63, 3.8) is 0 Å². The normalized spacial score (nSPS) is 10.8. The van der Waals surface area contributed by atoms with Crippen LogP contribution in [0.5, 0.6) is 0 Å². The van der Waals surface area contributed by atoms with Crippen LogP contribution in [0.15, 0.2) is 40.3 Å². The van der Waals surface area contributed by atoms with E-state index >= 15 is 0 Å². The van der Waals surface area contributed by atoms with Crippen LogP contribution >= 0.6 is 11.8 Å². The first-order valence-corrected chi connectivity index (χ1v) is 7.53. The molecule has 1 aromatic heterocycles. The maximum absolute atomic E-state index is 13.1. The summed E-state index contributed by atoms with van der Waals surface area (Å²) >= 11 is 1.45. The zero-order valence-electron chi connectivity index (χ0n) is 11.6. The van der Waals surface area contributed by atoms with Crippen molar-refractivity contribution in [2.24, 2.45) is 7.05 Å². The molecule has 0 fully saturated rings. The highest BCUT2D eigenvalue weighted by atomic mass is 32.2. The predicted octanol–water partition coefficient (Wildman–Crippen LogP) is 3.16. The minimum atomic E-state index is -0.246. The number of aromatic nitrogens is 2. The van der Waals surface area contributed by atoms with Gasteiger partial charge in [-0.1, -0.05) is 37.2 Å². The van der Waals surface area contributed by atoms with Crippen LogP contribution in [-0.2, 0) is 19.2 Å². The number of halogens is 1. The van der Waals surface area contributed by atoms with Crippen molar-refractivity contribution in [3.8, 4) is 0 Å². The second-order valence-electron chi connectivity index (χ2n) is 4.60. The summed E-state index contributed by atoms with van der Waals surface area (Å²) in [5.74, 6) is 0.345. The molecule has 0 unspecified atom stereocenters. The fourth-order valence-electron chi connectivity index (χ4n) is 1.85. The Balaban J connectivity index is 2.18. The highest BCUT2D eigenvalue weighted by molar-refractivity contribution is 7.98. The molecule has 0 aliphatic heterocycles. The lowest BCUT2D eigenvalue weighted by Crippen LogP contribution is -2.20. The molecule has 0 saturated heterocycles. The monoisotopic (exact) mass is 292 g/mol. The van der Waals surface area contributed by atoms with Crippen LogP contribution in [0, 0.1) is 5.82 Å². The molecule has 0 aliphatic rings. The first-order chi connectivity index (χ1) is 9.60. The summed E-state index contributed by atoms with van der Waals surface area (Å²) < 4.78 is 14.7. The minimum absolute atomic E-state index is 0.0507. The van der Waals surface area contributed by atoms with Crippen LogP contribution in [0.4, 0.5) is 4.39 Å². The van der Waals surface area contributed by atoms with Gasteiger partial charge >= 0.3 is 0 Å². The summed E-state index contributed by atoms with van der Waals surface area (Å²) in [6, 6.07) is 8.05. The maximum atomic E-state index is 13.1. The third-order valence-corrected chi connectivity index (χ3v) is 4.01. The molecule has 0 N–H and O–H groups in total. The van der Waals surface area contributed by atoms with E-state index in [1.54, 1.807) is 19.2 Å². The fraction of sp³-hybridized carbons (Fsp3) is 0.333. The van der Waals surface area contributed by atoms with Crippen molar-refractivity contribution in [1.82, 2.24) is 9.55 Å². The summed E-state index contributed by atoms with van der Waals surface area (Å²) in [7, 11) is 1.71. The van der Waals surface area contributed by atoms with Gasteiger partial charge < -0.3 is 0 Å². The Labute approximate surface area is 121 Å². The topological polar surface area (TPSA) is 34.9 Å².